The Balaban J connectivity index is 1.35. The third-order valence-electron chi connectivity index (χ3n) is 10.8. The van der Waals surface area contributed by atoms with Crippen LogP contribution in [0.2, 0.25) is 0 Å². The number of aromatic nitrogens is 4. The molecule has 1 aliphatic carbocycles. The molecule has 0 amide bonds. The number of rotatable bonds is 11. The van der Waals surface area contributed by atoms with Gasteiger partial charge in [-0.05, 0) is 75.3 Å². The average Bonchev–Trinajstić information content (AvgIpc) is 3.66. The number of aromatic hydroxyl groups is 1. The van der Waals surface area contributed by atoms with Crippen LogP contribution in [-0.2, 0) is 11.8 Å². The number of terminal acetylenes is 1. The molecule has 12 heteroatoms. The summed E-state index contributed by atoms with van der Waals surface area (Å²) in [6.45, 7) is 4.68. The molecule has 4 heterocycles. The van der Waals surface area contributed by atoms with Crippen molar-refractivity contribution in [1.29, 1.82) is 0 Å². The molecule has 0 spiro atoms. The second kappa shape index (κ2) is 12.9. The molecule has 3 fully saturated rings. The Kier molecular flexibility index (Phi) is 8.48. The lowest BCUT2D eigenvalue weighted by Crippen LogP contribution is -2.54. The molecule has 3 aliphatic rings. The summed E-state index contributed by atoms with van der Waals surface area (Å²) >= 11 is 0. The molecule has 51 heavy (non-hydrogen) atoms. The molecule has 8 rings (SSSR count). The smallest absolute Gasteiger partial charge is 0.319 e. The van der Waals surface area contributed by atoms with E-state index >= 15 is 8.78 Å². The number of fused-ring (bicyclic) bond motifs is 6. The number of ether oxygens (including phenoxy) is 2. The first kappa shape index (κ1) is 33.6. The second-order valence-electron chi connectivity index (χ2n) is 14.9. The average molecular weight is 696 g/mol. The van der Waals surface area contributed by atoms with Crippen molar-refractivity contribution >= 4 is 38.4 Å². The van der Waals surface area contributed by atoms with Crippen LogP contribution in [0.25, 0.3) is 43.7 Å². The number of phenolic OH excluding ortho intramolecular Hbond substituents is 1. The van der Waals surface area contributed by atoms with E-state index in [0.717, 1.165) is 58.3 Å². The van der Waals surface area contributed by atoms with Crippen LogP contribution in [0.3, 0.4) is 0 Å². The zero-order valence-electron chi connectivity index (χ0n) is 29.5. The lowest BCUT2D eigenvalue weighted by Gasteiger charge is -2.42. The standard InChI is InChI=1S/C39H43F2N7O3/c1-6-27-30(40)11-8-23-16-26(49)17-28(31(23)27)32-34(41)36-33(29-20-46(4)44-35(29)32)37(43-38(42-36)51-22-39(12-13-39)21-45(2)3)48-24-9-10-25(48)19-47(18-24)14-7-15-50-5/h1,8,11,16-17,20,24-25,49H,7,9-10,12-15,18-19,21-22H2,2-5H3/t24-,25+. The lowest BCUT2D eigenvalue weighted by molar-refractivity contribution is 0.159. The number of nitrogens with zero attached hydrogens (tertiary/aromatic N) is 7. The summed E-state index contributed by atoms with van der Waals surface area (Å²) in [5, 5.41) is 17.6. The molecule has 2 saturated heterocycles. The number of methoxy groups -OCH3 is 1. The van der Waals surface area contributed by atoms with Crippen LogP contribution in [0, 0.1) is 29.4 Å². The molecule has 3 aromatic carbocycles. The van der Waals surface area contributed by atoms with E-state index in [1.165, 1.54) is 24.3 Å². The summed E-state index contributed by atoms with van der Waals surface area (Å²) in [5.74, 6) is 1.70. The summed E-state index contributed by atoms with van der Waals surface area (Å²) in [7, 11) is 7.61. The largest absolute Gasteiger partial charge is 0.508 e. The summed E-state index contributed by atoms with van der Waals surface area (Å²) in [5.41, 5.74) is 0.717. The van der Waals surface area contributed by atoms with Gasteiger partial charge in [-0.2, -0.15) is 15.1 Å². The third-order valence-corrected chi connectivity index (χ3v) is 10.8. The summed E-state index contributed by atoms with van der Waals surface area (Å²) in [4.78, 5) is 16.9. The van der Waals surface area contributed by atoms with E-state index in [0.29, 0.717) is 46.1 Å². The molecule has 2 aliphatic heterocycles. The number of anilines is 1. The van der Waals surface area contributed by atoms with Gasteiger partial charge in [-0.15, -0.1) is 6.42 Å². The van der Waals surface area contributed by atoms with Crippen LogP contribution in [0.15, 0.2) is 30.5 Å². The molecule has 5 aromatic rings. The molecule has 0 unspecified atom stereocenters. The summed E-state index contributed by atoms with van der Waals surface area (Å²) < 4.78 is 46.2. The number of phenols is 1. The minimum atomic E-state index is -0.663. The first-order valence-corrected chi connectivity index (χ1v) is 17.7. The Morgan fingerprint density at radius 1 is 1.08 bits per heavy atom. The van der Waals surface area contributed by atoms with Crippen LogP contribution < -0.4 is 9.64 Å². The molecule has 2 aromatic heterocycles. The minimum absolute atomic E-state index is 0.00201. The van der Waals surface area contributed by atoms with E-state index < -0.39 is 11.6 Å². The van der Waals surface area contributed by atoms with Crippen LogP contribution in [0.4, 0.5) is 14.6 Å². The molecule has 2 bridgehead atoms. The first-order valence-electron chi connectivity index (χ1n) is 17.7. The fourth-order valence-electron chi connectivity index (χ4n) is 8.54. The molecule has 266 valence electrons. The lowest BCUT2D eigenvalue weighted by atomic mass is 9.91. The number of hydrogen-bond donors (Lipinski definition) is 1. The van der Waals surface area contributed by atoms with Gasteiger partial charge in [0.2, 0.25) is 0 Å². The highest BCUT2D eigenvalue weighted by Gasteiger charge is 2.45. The quantitative estimate of drug-likeness (QED) is 0.138. The Hall–Kier alpha value is -4.57. The van der Waals surface area contributed by atoms with Crippen molar-refractivity contribution in [2.24, 2.45) is 12.5 Å². The van der Waals surface area contributed by atoms with E-state index in [1.54, 1.807) is 18.8 Å². The van der Waals surface area contributed by atoms with Gasteiger partial charge in [0.1, 0.15) is 28.4 Å². The van der Waals surface area contributed by atoms with Crippen molar-refractivity contribution in [3.05, 3.63) is 47.7 Å². The van der Waals surface area contributed by atoms with Gasteiger partial charge in [-0.1, -0.05) is 12.0 Å². The van der Waals surface area contributed by atoms with Crippen LogP contribution in [0.5, 0.6) is 11.8 Å². The van der Waals surface area contributed by atoms with Gasteiger partial charge in [0.25, 0.3) is 0 Å². The predicted molar refractivity (Wildman–Crippen MR) is 194 cm³/mol. The Labute approximate surface area is 295 Å². The fraction of sp³-hybridized carbons (Fsp3) is 0.462. The summed E-state index contributed by atoms with van der Waals surface area (Å²) in [6, 6.07) is 6.16. The zero-order valence-corrected chi connectivity index (χ0v) is 29.5. The molecule has 1 N–H and O–H groups in total. The van der Waals surface area contributed by atoms with Gasteiger partial charge >= 0.3 is 6.01 Å². The van der Waals surface area contributed by atoms with Gasteiger partial charge in [0.15, 0.2) is 5.82 Å². The maximum atomic E-state index is 17.7. The number of aryl methyl sites for hydroxylation is 1. The fourth-order valence-corrected chi connectivity index (χ4v) is 8.54. The van der Waals surface area contributed by atoms with Gasteiger partial charge in [0, 0.05) is 87.0 Å². The van der Waals surface area contributed by atoms with Gasteiger partial charge in [0.05, 0.1) is 17.6 Å². The maximum Gasteiger partial charge on any atom is 0.319 e. The van der Waals surface area contributed by atoms with E-state index in [2.05, 4.69) is 20.6 Å². The van der Waals surface area contributed by atoms with Crippen LogP contribution in [-0.4, -0.2) is 107 Å². The monoisotopic (exact) mass is 695 g/mol. The molecule has 2 atom stereocenters. The SMILES string of the molecule is C#Cc1c(F)ccc2cc(O)cc(-c3c(F)c4nc(OCC5(CN(C)C)CC5)nc(N5[C@@H]6CC[C@H]5CN(CCCOC)C6)c4c4cn(C)nc34)c12. The highest BCUT2D eigenvalue weighted by molar-refractivity contribution is 6.18. The third kappa shape index (κ3) is 5.91. The number of piperazine rings is 1. The van der Waals surface area contributed by atoms with Crippen molar-refractivity contribution in [1.82, 2.24) is 29.5 Å². The van der Waals surface area contributed by atoms with Gasteiger partial charge in [-0.3, -0.25) is 9.58 Å². The van der Waals surface area contributed by atoms with E-state index in [9.17, 15) is 5.11 Å². The Morgan fingerprint density at radius 3 is 2.53 bits per heavy atom. The van der Waals surface area contributed by atoms with Gasteiger partial charge in [-0.25, -0.2) is 8.78 Å². The van der Waals surface area contributed by atoms with E-state index in [1.807, 2.05) is 20.3 Å². The molecular formula is C39H43F2N7O3. The van der Waals surface area contributed by atoms with Crippen molar-refractivity contribution in [2.45, 2.75) is 44.2 Å². The molecule has 0 radical (unpaired) electrons. The Bertz CT molecular complexity index is 2200. The predicted octanol–water partition coefficient (Wildman–Crippen LogP) is 5.71. The van der Waals surface area contributed by atoms with Crippen molar-refractivity contribution < 1.29 is 23.4 Å². The highest BCUT2D eigenvalue weighted by Crippen LogP contribution is 2.48. The normalized spacial score (nSPS) is 19.8. The number of hydrogen-bond acceptors (Lipinski definition) is 9. The van der Waals surface area contributed by atoms with Crippen LogP contribution in [0.1, 0.15) is 37.7 Å². The molecule has 1 saturated carbocycles. The number of halogens is 2. The first-order chi connectivity index (χ1) is 24.6. The number of benzene rings is 3. The van der Waals surface area contributed by atoms with Crippen molar-refractivity contribution in [3.8, 4) is 35.2 Å². The molecular weight excluding hydrogens is 652 g/mol. The van der Waals surface area contributed by atoms with Gasteiger partial charge < -0.3 is 24.4 Å². The van der Waals surface area contributed by atoms with Crippen molar-refractivity contribution in [3.63, 3.8) is 0 Å². The summed E-state index contributed by atoms with van der Waals surface area (Å²) in [6.07, 6.45) is 12.7. The minimum Gasteiger partial charge on any atom is -0.508 e. The Morgan fingerprint density at radius 2 is 1.84 bits per heavy atom. The highest BCUT2D eigenvalue weighted by atomic mass is 19.1. The molecule has 10 nitrogen and oxygen atoms in total. The number of likely N-dealkylation sites (tertiary alicyclic amines) is 1. The zero-order chi connectivity index (χ0) is 35.6. The van der Waals surface area contributed by atoms with Crippen molar-refractivity contribution in [2.75, 3.05) is 65.5 Å². The van der Waals surface area contributed by atoms with Crippen LogP contribution >= 0.6 is 0 Å². The van der Waals surface area contributed by atoms with E-state index in [4.69, 9.17) is 31.0 Å². The second-order valence-corrected chi connectivity index (χ2v) is 14.9. The topological polar surface area (TPSA) is 92.0 Å². The van der Waals surface area contributed by atoms with E-state index in [-0.39, 0.29) is 51.5 Å². The maximum absolute atomic E-state index is 17.7.